The zero-order valence-electron chi connectivity index (χ0n) is 12.3. The van der Waals surface area contributed by atoms with E-state index in [1.165, 1.54) is 0 Å². The molecule has 6 N–H and O–H groups in total. The van der Waals surface area contributed by atoms with E-state index < -0.39 is 11.9 Å². The Balaban J connectivity index is 4.04. The van der Waals surface area contributed by atoms with E-state index >= 15 is 0 Å². The maximum absolute atomic E-state index is 11.9. The molecule has 0 aliphatic heterocycles. The van der Waals surface area contributed by atoms with E-state index in [0.29, 0.717) is 32.7 Å². The standard InChI is InChI=1S/C13H28N4O3/c1-2-3-10-20-13(19)11(4-5-12(15)18)17-9-8-16-7-6-14/h11,16-17H,2-10,14H2,1H3,(H2,15,18)/t11-/m0/s1. The lowest BCUT2D eigenvalue weighted by Gasteiger charge is -2.17. The van der Waals surface area contributed by atoms with Gasteiger partial charge in [0.15, 0.2) is 0 Å². The number of primary amides is 1. The summed E-state index contributed by atoms with van der Waals surface area (Å²) in [5.74, 6) is -0.738. The van der Waals surface area contributed by atoms with Crippen molar-refractivity contribution < 1.29 is 14.3 Å². The summed E-state index contributed by atoms with van der Waals surface area (Å²) in [4.78, 5) is 22.7. The first-order valence-electron chi connectivity index (χ1n) is 7.20. The number of hydrogen-bond donors (Lipinski definition) is 4. The van der Waals surface area contributed by atoms with Crippen molar-refractivity contribution in [3.8, 4) is 0 Å². The highest BCUT2D eigenvalue weighted by molar-refractivity contribution is 5.78. The summed E-state index contributed by atoms with van der Waals surface area (Å²) in [6.07, 6.45) is 2.33. The van der Waals surface area contributed by atoms with Gasteiger partial charge in [-0.3, -0.25) is 9.59 Å². The van der Waals surface area contributed by atoms with Crippen LogP contribution in [0.4, 0.5) is 0 Å². The number of hydrogen-bond acceptors (Lipinski definition) is 6. The molecule has 1 atom stereocenters. The van der Waals surface area contributed by atoms with Gasteiger partial charge in [0.2, 0.25) is 5.91 Å². The summed E-state index contributed by atoms with van der Waals surface area (Å²) < 4.78 is 5.16. The van der Waals surface area contributed by atoms with Crippen LogP contribution >= 0.6 is 0 Å². The molecule has 0 aromatic heterocycles. The van der Waals surface area contributed by atoms with Gasteiger partial charge in [0, 0.05) is 32.6 Å². The fraction of sp³-hybridized carbons (Fsp3) is 0.846. The molecule has 7 heteroatoms. The van der Waals surface area contributed by atoms with Crippen LogP contribution in [0.1, 0.15) is 32.6 Å². The molecule has 0 saturated heterocycles. The van der Waals surface area contributed by atoms with Gasteiger partial charge in [0.25, 0.3) is 0 Å². The van der Waals surface area contributed by atoms with Crippen molar-refractivity contribution in [2.45, 2.75) is 38.6 Å². The first kappa shape index (κ1) is 18.8. The minimum Gasteiger partial charge on any atom is -0.465 e. The Morgan fingerprint density at radius 1 is 1.25 bits per heavy atom. The van der Waals surface area contributed by atoms with Gasteiger partial charge in [0.1, 0.15) is 6.04 Å². The molecular weight excluding hydrogens is 260 g/mol. The zero-order chi connectivity index (χ0) is 15.2. The highest BCUT2D eigenvalue weighted by Gasteiger charge is 2.19. The van der Waals surface area contributed by atoms with E-state index in [9.17, 15) is 9.59 Å². The van der Waals surface area contributed by atoms with Crippen molar-refractivity contribution in [1.82, 2.24) is 10.6 Å². The molecule has 0 radical (unpaired) electrons. The van der Waals surface area contributed by atoms with Crippen LogP contribution in [0, 0.1) is 0 Å². The molecule has 0 fully saturated rings. The van der Waals surface area contributed by atoms with Crippen LogP contribution in [0.3, 0.4) is 0 Å². The van der Waals surface area contributed by atoms with Crippen LogP contribution in [-0.2, 0) is 14.3 Å². The van der Waals surface area contributed by atoms with E-state index in [0.717, 1.165) is 19.4 Å². The highest BCUT2D eigenvalue weighted by Crippen LogP contribution is 2.01. The summed E-state index contributed by atoms with van der Waals surface area (Å²) >= 11 is 0. The van der Waals surface area contributed by atoms with Crippen LogP contribution in [0.15, 0.2) is 0 Å². The normalized spacial score (nSPS) is 12.1. The molecule has 0 heterocycles. The Morgan fingerprint density at radius 2 is 2.00 bits per heavy atom. The molecule has 20 heavy (non-hydrogen) atoms. The lowest BCUT2D eigenvalue weighted by molar-refractivity contribution is -0.146. The van der Waals surface area contributed by atoms with Crippen molar-refractivity contribution in [3.05, 3.63) is 0 Å². The van der Waals surface area contributed by atoms with E-state index in [1.54, 1.807) is 0 Å². The quantitative estimate of drug-likeness (QED) is 0.258. The number of unbranched alkanes of at least 4 members (excludes halogenated alkanes) is 1. The Morgan fingerprint density at radius 3 is 2.60 bits per heavy atom. The number of rotatable bonds is 13. The van der Waals surface area contributed by atoms with Crippen LogP contribution in [0.2, 0.25) is 0 Å². The van der Waals surface area contributed by atoms with Gasteiger partial charge in [-0.2, -0.15) is 0 Å². The second kappa shape index (κ2) is 12.8. The second-order valence-corrected chi connectivity index (χ2v) is 4.57. The molecule has 1 amide bonds. The number of carbonyl (C=O) groups excluding carboxylic acids is 2. The predicted molar refractivity (Wildman–Crippen MR) is 78.0 cm³/mol. The number of nitrogens with one attached hydrogen (secondary N) is 2. The van der Waals surface area contributed by atoms with Crippen molar-refractivity contribution in [1.29, 1.82) is 0 Å². The van der Waals surface area contributed by atoms with Crippen molar-refractivity contribution in [3.63, 3.8) is 0 Å². The predicted octanol–water partition coefficient (Wildman–Crippen LogP) is -0.898. The molecule has 0 aromatic rings. The summed E-state index contributed by atoms with van der Waals surface area (Å²) in [7, 11) is 0. The number of esters is 1. The summed E-state index contributed by atoms with van der Waals surface area (Å²) in [5, 5.41) is 6.19. The minimum absolute atomic E-state index is 0.163. The second-order valence-electron chi connectivity index (χ2n) is 4.57. The molecule has 0 bridgehead atoms. The molecule has 0 aromatic carbocycles. The molecule has 0 aliphatic rings. The lowest BCUT2D eigenvalue weighted by Crippen LogP contribution is -2.42. The molecule has 0 saturated carbocycles. The molecule has 0 rings (SSSR count). The van der Waals surface area contributed by atoms with Gasteiger partial charge in [-0.15, -0.1) is 0 Å². The third-order valence-corrected chi connectivity index (χ3v) is 2.72. The third kappa shape index (κ3) is 10.7. The third-order valence-electron chi connectivity index (χ3n) is 2.72. The number of amides is 1. The SMILES string of the molecule is CCCCOC(=O)[C@H](CCC(N)=O)NCCNCCN. The van der Waals surface area contributed by atoms with Crippen molar-refractivity contribution in [2.24, 2.45) is 11.5 Å². The minimum atomic E-state index is -0.487. The first-order chi connectivity index (χ1) is 9.61. The van der Waals surface area contributed by atoms with Gasteiger partial charge in [-0.1, -0.05) is 13.3 Å². The molecule has 118 valence electrons. The summed E-state index contributed by atoms with van der Waals surface area (Å²) in [6, 6.07) is -0.487. The van der Waals surface area contributed by atoms with Crippen molar-refractivity contribution >= 4 is 11.9 Å². The fourth-order valence-corrected chi connectivity index (χ4v) is 1.57. The molecule has 0 aliphatic carbocycles. The highest BCUT2D eigenvalue weighted by atomic mass is 16.5. The Hall–Kier alpha value is -1.18. The maximum atomic E-state index is 11.9. The van der Waals surface area contributed by atoms with E-state index in [4.69, 9.17) is 16.2 Å². The van der Waals surface area contributed by atoms with Gasteiger partial charge in [0.05, 0.1) is 6.61 Å². The molecule has 0 spiro atoms. The van der Waals surface area contributed by atoms with Gasteiger partial charge in [-0.25, -0.2) is 0 Å². The summed E-state index contributed by atoms with van der Waals surface area (Å²) in [6.45, 7) is 5.05. The molecule has 7 nitrogen and oxygen atoms in total. The topological polar surface area (TPSA) is 119 Å². The molecular formula is C13H28N4O3. The number of nitrogens with two attached hydrogens (primary N) is 2. The number of ether oxygens (including phenoxy) is 1. The van der Waals surface area contributed by atoms with E-state index in [1.807, 2.05) is 6.92 Å². The Kier molecular flexibility index (Phi) is 12.1. The maximum Gasteiger partial charge on any atom is 0.323 e. The van der Waals surface area contributed by atoms with E-state index in [2.05, 4.69) is 10.6 Å². The van der Waals surface area contributed by atoms with Gasteiger partial charge >= 0.3 is 5.97 Å². The lowest BCUT2D eigenvalue weighted by atomic mass is 10.1. The van der Waals surface area contributed by atoms with Crippen LogP contribution in [0.5, 0.6) is 0 Å². The number of carbonyl (C=O) groups is 2. The largest absolute Gasteiger partial charge is 0.465 e. The first-order valence-corrected chi connectivity index (χ1v) is 7.20. The van der Waals surface area contributed by atoms with E-state index in [-0.39, 0.29) is 12.4 Å². The van der Waals surface area contributed by atoms with Crippen LogP contribution in [-0.4, -0.2) is 50.7 Å². The average Bonchev–Trinajstić information content (AvgIpc) is 2.41. The molecule has 0 unspecified atom stereocenters. The summed E-state index contributed by atoms with van der Waals surface area (Å²) in [5.41, 5.74) is 10.5. The monoisotopic (exact) mass is 288 g/mol. The smallest absolute Gasteiger partial charge is 0.323 e. The van der Waals surface area contributed by atoms with Gasteiger partial charge in [-0.05, 0) is 12.8 Å². The Bertz CT molecular complexity index is 274. The fourth-order valence-electron chi connectivity index (χ4n) is 1.57. The van der Waals surface area contributed by atoms with Crippen molar-refractivity contribution in [2.75, 3.05) is 32.8 Å². The van der Waals surface area contributed by atoms with Gasteiger partial charge < -0.3 is 26.8 Å². The van der Waals surface area contributed by atoms with Crippen LogP contribution in [0.25, 0.3) is 0 Å². The van der Waals surface area contributed by atoms with Crippen LogP contribution < -0.4 is 22.1 Å². The zero-order valence-corrected chi connectivity index (χ0v) is 12.3. The average molecular weight is 288 g/mol. The Labute approximate surface area is 120 Å².